The van der Waals surface area contributed by atoms with E-state index in [9.17, 15) is 30.8 Å². The molecule has 1 heterocycles. The lowest BCUT2D eigenvalue weighted by Gasteiger charge is -2.35. The molecule has 0 atom stereocenters. The normalized spacial score (nSPS) is 15.4. The zero-order valence-corrected chi connectivity index (χ0v) is 17.7. The van der Waals surface area contributed by atoms with E-state index in [1.807, 2.05) is 4.90 Å². The maximum Gasteiger partial charge on any atom is 0.416 e. The summed E-state index contributed by atoms with van der Waals surface area (Å²) in [5.74, 6) is -0.695. The minimum atomic E-state index is -4.54. The highest BCUT2D eigenvalue weighted by Gasteiger charge is 2.30. The average Bonchev–Trinajstić information content (AvgIpc) is 2.74. The van der Waals surface area contributed by atoms with E-state index in [4.69, 9.17) is 0 Å². The maximum absolute atomic E-state index is 13.0. The van der Waals surface area contributed by atoms with Crippen LogP contribution < -0.4 is 15.5 Å². The van der Waals surface area contributed by atoms with Crippen LogP contribution in [0.3, 0.4) is 0 Å². The van der Waals surface area contributed by atoms with Crippen molar-refractivity contribution in [1.82, 2.24) is 9.62 Å². The van der Waals surface area contributed by atoms with Crippen LogP contribution in [0.2, 0.25) is 0 Å². The lowest BCUT2D eigenvalue weighted by Crippen LogP contribution is -2.50. The Bertz CT molecular complexity index is 1040. The summed E-state index contributed by atoms with van der Waals surface area (Å²) in [6.45, 7) is 1.17. The number of hydrogen-bond acceptors (Lipinski definition) is 4. The first kappa shape index (κ1) is 23.8. The Morgan fingerprint density at radius 3 is 2.28 bits per heavy atom. The molecule has 7 nitrogen and oxygen atoms in total. The fraction of sp³-hybridized carbons (Fsp3) is 0.350. The largest absolute Gasteiger partial charge is 0.416 e. The van der Waals surface area contributed by atoms with Crippen LogP contribution in [0.4, 0.5) is 33.7 Å². The third-order valence-corrected chi connectivity index (χ3v) is 6.79. The van der Waals surface area contributed by atoms with Gasteiger partial charge in [0.05, 0.1) is 11.3 Å². The number of carbonyl (C=O) groups excluding carboxylic acids is 1. The minimum Gasteiger partial charge on any atom is -0.369 e. The molecule has 1 aliphatic rings. The number of rotatable bonds is 6. The summed E-state index contributed by atoms with van der Waals surface area (Å²) in [5, 5.41) is 4.60. The van der Waals surface area contributed by atoms with Crippen molar-refractivity contribution in [2.75, 3.05) is 48.7 Å². The smallest absolute Gasteiger partial charge is 0.369 e. The molecule has 1 fully saturated rings. The molecule has 2 N–H and O–H groups in total. The van der Waals surface area contributed by atoms with Gasteiger partial charge < -0.3 is 15.5 Å². The molecule has 0 aromatic heterocycles. The van der Waals surface area contributed by atoms with E-state index in [2.05, 4.69) is 10.6 Å². The number of carbonyl (C=O) groups is 1. The van der Waals surface area contributed by atoms with Gasteiger partial charge in [-0.1, -0.05) is 6.07 Å². The topological polar surface area (TPSA) is 81.8 Å². The molecule has 0 radical (unpaired) electrons. The molecule has 0 spiro atoms. The number of nitrogens with zero attached hydrogens (tertiary/aromatic N) is 2. The summed E-state index contributed by atoms with van der Waals surface area (Å²) in [4.78, 5) is 13.9. The number of halogens is 4. The highest BCUT2D eigenvalue weighted by molar-refractivity contribution is 7.89. The Labute approximate surface area is 183 Å². The van der Waals surface area contributed by atoms with Gasteiger partial charge in [0.2, 0.25) is 10.0 Å². The van der Waals surface area contributed by atoms with Crippen molar-refractivity contribution >= 4 is 27.4 Å². The quantitative estimate of drug-likeness (QED) is 0.631. The van der Waals surface area contributed by atoms with Crippen LogP contribution in [0.25, 0.3) is 0 Å². The van der Waals surface area contributed by atoms with Crippen LogP contribution in [0, 0.1) is 5.82 Å². The molecule has 1 aliphatic heterocycles. The van der Waals surface area contributed by atoms with Crippen LogP contribution >= 0.6 is 0 Å². The predicted molar refractivity (Wildman–Crippen MR) is 112 cm³/mol. The number of alkyl halides is 3. The zero-order chi connectivity index (χ0) is 23.4. The second kappa shape index (κ2) is 9.74. The number of amides is 2. The van der Waals surface area contributed by atoms with Gasteiger partial charge in [-0.15, -0.1) is 0 Å². The summed E-state index contributed by atoms with van der Waals surface area (Å²) in [6, 6.07) is 9.27. The first-order valence-corrected chi connectivity index (χ1v) is 11.4. The standard InChI is InChI=1S/C20H22F4N4O3S/c21-16-4-6-18(7-5-16)27-9-11-28(12-10-27)32(30,31)13-8-25-19(29)26-17-3-1-2-15(14-17)20(22,23)24/h1-7,14H,8-13H2,(H2,25,26,29). The maximum atomic E-state index is 13.0. The molecule has 2 aromatic rings. The van der Waals surface area contributed by atoms with Crippen LogP contribution in [-0.4, -0.2) is 57.2 Å². The Hall–Kier alpha value is -2.86. The molecular formula is C20H22F4N4O3S. The Morgan fingerprint density at radius 2 is 1.66 bits per heavy atom. The fourth-order valence-electron chi connectivity index (χ4n) is 3.25. The number of piperazine rings is 1. The van der Waals surface area contributed by atoms with Crippen LogP contribution in [-0.2, 0) is 16.2 Å². The molecule has 0 unspecified atom stereocenters. The van der Waals surface area contributed by atoms with Gasteiger partial charge in [0.15, 0.2) is 0 Å². The van der Waals surface area contributed by atoms with E-state index in [0.717, 1.165) is 23.9 Å². The van der Waals surface area contributed by atoms with Gasteiger partial charge in [0.25, 0.3) is 0 Å². The molecule has 2 aromatic carbocycles. The molecular weight excluding hydrogens is 452 g/mol. The van der Waals surface area contributed by atoms with E-state index >= 15 is 0 Å². The molecule has 0 aliphatic carbocycles. The van der Waals surface area contributed by atoms with E-state index in [0.29, 0.717) is 13.1 Å². The molecule has 0 saturated carbocycles. The third kappa shape index (κ3) is 6.33. The fourth-order valence-corrected chi connectivity index (χ4v) is 4.59. The number of nitrogens with one attached hydrogen (secondary N) is 2. The molecule has 174 valence electrons. The van der Waals surface area contributed by atoms with E-state index in [1.54, 1.807) is 12.1 Å². The van der Waals surface area contributed by atoms with Crippen molar-refractivity contribution in [3.05, 3.63) is 59.9 Å². The SMILES string of the molecule is O=C(NCCS(=O)(=O)N1CCN(c2ccc(F)cc2)CC1)Nc1cccc(C(F)(F)F)c1. The predicted octanol–water partition coefficient (Wildman–Crippen LogP) is 3.12. The van der Waals surface area contributed by atoms with Gasteiger partial charge in [0.1, 0.15) is 5.82 Å². The first-order valence-electron chi connectivity index (χ1n) is 9.75. The lowest BCUT2D eigenvalue weighted by atomic mass is 10.2. The van der Waals surface area contributed by atoms with Crippen molar-refractivity contribution in [2.45, 2.75) is 6.18 Å². The highest BCUT2D eigenvalue weighted by atomic mass is 32.2. The monoisotopic (exact) mass is 474 g/mol. The summed E-state index contributed by atoms with van der Waals surface area (Å²) in [7, 11) is -3.63. The Kier molecular flexibility index (Phi) is 7.24. The first-order chi connectivity index (χ1) is 15.0. The van der Waals surface area contributed by atoms with Crippen LogP contribution in [0.15, 0.2) is 48.5 Å². The van der Waals surface area contributed by atoms with Crippen molar-refractivity contribution in [1.29, 1.82) is 0 Å². The zero-order valence-electron chi connectivity index (χ0n) is 16.9. The summed E-state index contributed by atoms with van der Waals surface area (Å²) in [6.07, 6.45) is -4.54. The molecule has 32 heavy (non-hydrogen) atoms. The van der Waals surface area contributed by atoms with Gasteiger partial charge in [-0.05, 0) is 42.5 Å². The molecule has 2 amide bonds. The van der Waals surface area contributed by atoms with Crippen molar-refractivity contribution in [2.24, 2.45) is 0 Å². The summed E-state index contributed by atoms with van der Waals surface area (Å²) < 4.78 is 77.6. The van der Waals surface area contributed by atoms with Crippen molar-refractivity contribution in [3.63, 3.8) is 0 Å². The number of hydrogen-bond donors (Lipinski definition) is 2. The van der Waals surface area contributed by atoms with Crippen LogP contribution in [0.5, 0.6) is 0 Å². The number of urea groups is 1. The van der Waals surface area contributed by atoms with Gasteiger partial charge in [-0.25, -0.2) is 17.6 Å². The molecule has 12 heteroatoms. The summed E-state index contributed by atoms with van der Waals surface area (Å²) >= 11 is 0. The minimum absolute atomic E-state index is 0.0582. The number of benzene rings is 2. The van der Waals surface area contributed by atoms with E-state index in [1.165, 1.54) is 22.5 Å². The number of sulfonamides is 1. The third-order valence-electron chi connectivity index (χ3n) is 4.92. The molecule has 1 saturated heterocycles. The molecule has 3 rings (SSSR count). The van der Waals surface area contributed by atoms with Crippen LogP contribution in [0.1, 0.15) is 5.56 Å². The van der Waals surface area contributed by atoms with Crippen molar-refractivity contribution < 1.29 is 30.8 Å². The Morgan fingerprint density at radius 1 is 1.00 bits per heavy atom. The van der Waals surface area contributed by atoms with Gasteiger partial charge in [-0.3, -0.25) is 0 Å². The summed E-state index contributed by atoms with van der Waals surface area (Å²) in [5.41, 5.74) is -0.161. The van der Waals surface area contributed by atoms with Gasteiger partial charge in [0, 0.05) is 44.1 Å². The average molecular weight is 474 g/mol. The Balaban J connectivity index is 1.45. The second-order valence-corrected chi connectivity index (χ2v) is 9.23. The van der Waals surface area contributed by atoms with Crippen molar-refractivity contribution in [3.8, 4) is 0 Å². The number of anilines is 2. The highest BCUT2D eigenvalue weighted by Crippen LogP contribution is 2.30. The lowest BCUT2D eigenvalue weighted by molar-refractivity contribution is -0.137. The van der Waals surface area contributed by atoms with Gasteiger partial charge in [-0.2, -0.15) is 17.5 Å². The van der Waals surface area contributed by atoms with E-state index < -0.39 is 27.8 Å². The molecule has 0 bridgehead atoms. The van der Waals surface area contributed by atoms with Gasteiger partial charge >= 0.3 is 12.2 Å². The second-order valence-electron chi connectivity index (χ2n) is 7.14. The van der Waals surface area contributed by atoms with E-state index in [-0.39, 0.29) is 36.9 Å².